The van der Waals surface area contributed by atoms with Crippen molar-refractivity contribution in [3.63, 3.8) is 0 Å². The third kappa shape index (κ3) is 3.97. The first-order valence-corrected chi connectivity index (χ1v) is 9.89. The van der Waals surface area contributed by atoms with E-state index in [2.05, 4.69) is 11.0 Å². The molecule has 4 rings (SSSR count). The van der Waals surface area contributed by atoms with Crippen molar-refractivity contribution in [2.45, 2.75) is 63.6 Å². The van der Waals surface area contributed by atoms with Crippen molar-refractivity contribution in [3.8, 4) is 11.5 Å². The van der Waals surface area contributed by atoms with Crippen LogP contribution >= 0.6 is 0 Å². The molecule has 138 valence electrons. The average molecular weight is 346 g/mol. The van der Waals surface area contributed by atoms with Crippen LogP contribution in [0.1, 0.15) is 51.4 Å². The van der Waals surface area contributed by atoms with E-state index in [0.717, 1.165) is 69.2 Å². The summed E-state index contributed by atoms with van der Waals surface area (Å²) in [5.74, 6) is 1.72. The van der Waals surface area contributed by atoms with Crippen LogP contribution in [0.25, 0.3) is 0 Å². The summed E-state index contributed by atoms with van der Waals surface area (Å²) in [6.07, 6.45) is 10.2. The lowest BCUT2D eigenvalue weighted by molar-refractivity contribution is 0.122. The number of nitrogens with two attached hydrogens (primary N) is 1. The second-order valence-corrected chi connectivity index (χ2v) is 7.51. The number of hydrogen-bond donors (Lipinski definition) is 1. The standard InChI is InChI=1S/C20H30N2O3/c21-17-13-20(25-16-7-3-4-8-16)18(22-9-11-23-12-10-22)14-19(17)24-15-5-1-2-6-15/h13-16H,1-12,21H2. The molecule has 5 nitrogen and oxygen atoms in total. The fourth-order valence-electron chi connectivity index (χ4n) is 4.18. The van der Waals surface area contributed by atoms with E-state index in [-0.39, 0.29) is 0 Å². The Morgan fingerprint density at radius 2 is 1.40 bits per heavy atom. The molecule has 2 saturated carbocycles. The minimum atomic E-state index is 0.307. The maximum atomic E-state index is 6.35. The normalized spacial score (nSPS) is 22.5. The second kappa shape index (κ2) is 7.73. The molecule has 25 heavy (non-hydrogen) atoms. The Hall–Kier alpha value is -1.62. The Kier molecular flexibility index (Phi) is 5.20. The Morgan fingerprint density at radius 3 is 2.00 bits per heavy atom. The van der Waals surface area contributed by atoms with Gasteiger partial charge in [-0.2, -0.15) is 0 Å². The molecule has 1 aromatic carbocycles. The number of hydrogen-bond acceptors (Lipinski definition) is 5. The van der Waals surface area contributed by atoms with Crippen molar-refractivity contribution < 1.29 is 14.2 Å². The van der Waals surface area contributed by atoms with Crippen molar-refractivity contribution in [1.29, 1.82) is 0 Å². The summed E-state index contributed by atoms with van der Waals surface area (Å²) < 4.78 is 18.1. The smallest absolute Gasteiger partial charge is 0.145 e. The summed E-state index contributed by atoms with van der Waals surface area (Å²) >= 11 is 0. The van der Waals surface area contributed by atoms with Crippen LogP contribution in [0.5, 0.6) is 11.5 Å². The zero-order chi connectivity index (χ0) is 17.1. The Labute approximate surface area is 150 Å². The van der Waals surface area contributed by atoms with Crippen LogP contribution in [-0.2, 0) is 4.74 Å². The minimum absolute atomic E-state index is 0.307. The van der Waals surface area contributed by atoms with Crippen LogP contribution in [0.4, 0.5) is 11.4 Å². The molecule has 1 aliphatic heterocycles. The first kappa shape index (κ1) is 16.8. The van der Waals surface area contributed by atoms with Crippen LogP contribution in [0.2, 0.25) is 0 Å². The van der Waals surface area contributed by atoms with E-state index in [9.17, 15) is 0 Å². The maximum absolute atomic E-state index is 6.35. The highest BCUT2D eigenvalue weighted by Crippen LogP contribution is 2.40. The van der Waals surface area contributed by atoms with Gasteiger partial charge in [0.2, 0.25) is 0 Å². The number of rotatable bonds is 5. The lowest BCUT2D eigenvalue weighted by Gasteiger charge is -2.32. The fraction of sp³-hybridized carbons (Fsp3) is 0.700. The monoisotopic (exact) mass is 346 g/mol. The first-order valence-electron chi connectivity index (χ1n) is 9.89. The molecular weight excluding hydrogens is 316 g/mol. The quantitative estimate of drug-likeness (QED) is 0.823. The molecule has 5 heteroatoms. The summed E-state index contributed by atoms with van der Waals surface area (Å²) in [7, 11) is 0. The molecule has 0 amide bonds. The van der Waals surface area contributed by atoms with Gasteiger partial charge in [0.25, 0.3) is 0 Å². The van der Waals surface area contributed by atoms with Gasteiger partial charge in [-0.05, 0) is 51.4 Å². The van der Waals surface area contributed by atoms with Gasteiger partial charge in [0.05, 0.1) is 36.8 Å². The molecule has 3 fully saturated rings. The van der Waals surface area contributed by atoms with Gasteiger partial charge in [-0.3, -0.25) is 0 Å². The predicted molar refractivity (Wildman–Crippen MR) is 99.7 cm³/mol. The molecule has 2 N–H and O–H groups in total. The predicted octanol–water partition coefficient (Wildman–Crippen LogP) is 3.75. The molecule has 0 bridgehead atoms. The molecule has 1 heterocycles. The van der Waals surface area contributed by atoms with Gasteiger partial charge in [0.1, 0.15) is 11.5 Å². The third-order valence-electron chi connectivity index (χ3n) is 5.63. The highest BCUT2D eigenvalue weighted by atomic mass is 16.5. The van der Waals surface area contributed by atoms with E-state index in [0.29, 0.717) is 17.9 Å². The van der Waals surface area contributed by atoms with Gasteiger partial charge in [0.15, 0.2) is 0 Å². The van der Waals surface area contributed by atoms with Crippen molar-refractivity contribution >= 4 is 11.4 Å². The molecule has 0 spiro atoms. The summed E-state index contributed by atoms with van der Waals surface area (Å²) in [4.78, 5) is 2.34. The SMILES string of the molecule is Nc1cc(OC2CCCC2)c(N2CCOCC2)cc1OC1CCCC1. The Morgan fingerprint density at radius 1 is 0.840 bits per heavy atom. The van der Waals surface area contributed by atoms with E-state index < -0.39 is 0 Å². The summed E-state index contributed by atoms with van der Waals surface area (Å²) in [6.45, 7) is 3.28. The number of anilines is 2. The summed E-state index contributed by atoms with van der Waals surface area (Å²) in [6, 6.07) is 4.08. The minimum Gasteiger partial charge on any atom is -0.488 e. The number of nitrogen functional groups attached to an aromatic ring is 1. The topological polar surface area (TPSA) is 57.0 Å². The van der Waals surface area contributed by atoms with Gasteiger partial charge in [-0.15, -0.1) is 0 Å². The molecule has 1 saturated heterocycles. The molecule has 3 aliphatic rings. The van der Waals surface area contributed by atoms with Gasteiger partial charge < -0.3 is 24.8 Å². The molecule has 0 aromatic heterocycles. The molecular formula is C20H30N2O3. The van der Waals surface area contributed by atoms with E-state index in [1.165, 1.54) is 25.7 Å². The number of nitrogens with zero attached hydrogens (tertiary/aromatic N) is 1. The zero-order valence-electron chi connectivity index (χ0n) is 15.0. The molecule has 0 unspecified atom stereocenters. The van der Waals surface area contributed by atoms with Crippen molar-refractivity contribution in [2.24, 2.45) is 0 Å². The van der Waals surface area contributed by atoms with Gasteiger partial charge in [-0.1, -0.05) is 0 Å². The van der Waals surface area contributed by atoms with Crippen LogP contribution in [-0.4, -0.2) is 38.5 Å². The molecule has 0 radical (unpaired) electrons. The lowest BCUT2D eigenvalue weighted by atomic mass is 10.2. The van der Waals surface area contributed by atoms with Crippen molar-refractivity contribution in [3.05, 3.63) is 12.1 Å². The number of ether oxygens (including phenoxy) is 3. The van der Waals surface area contributed by atoms with Crippen LogP contribution in [0.15, 0.2) is 12.1 Å². The van der Waals surface area contributed by atoms with Gasteiger partial charge in [0, 0.05) is 25.2 Å². The Balaban J connectivity index is 1.59. The van der Waals surface area contributed by atoms with Gasteiger partial charge >= 0.3 is 0 Å². The van der Waals surface area contributed by atoms with E-state index in [4.69, 9.17) is 19.9 Å². The highest BCUT2D eigenvalue weighted by molar-refractivity contribution is 5.70. The van der Waals surface area contributed by atoms with Crippen molar-refractivity contribution in [1.82, 2.24) is 0 Å². The van der Waals surface area contributed by atoms with E-state index in [1.807, 2.05) is 6.07 Å². The Bertz CT molecular complexity index is 575. The summed E-state index contributed by atoms with van der Waals surface area (Å²) in [5.41, 5.74) is 8.12. The van der Waals surface area contributed by atoms with E-state index in [1.54, 1.807) is 0 Å². The van der Waals surface area contributed by atoms with Crippen LogP contribution in [0, 0.1) is 0 Å². The molecule has 0 atom stereocenters. The van der Waals surface area contributed by atoms with Crippen molar-refractivity contribution in [2.75, 3.05) is 36.9 Å². The lowest BCUT2D eigenvalue weighted by Crippen LogP contribution is -2.36. The number of benzene rings is 1. The average Bonchev–Trinajstić information content (AvgIpc) is 3.32. The fourth-order valence-corrected chi connectivity index (χ4v) is 4.18. The zero-order valence-corrected chi connectivity index (χ0v) is 15.0. The molecule has 1 aromatic rings. The van der Waals surface area contributed by atoms with Gasteiger partial charge in [-0.25, -0.2) is 0 Å². The summed E-state index contributed by atoms with van der Waals surface area (Å²) in [5, 5.41) is 0. The molecule has 2 aliphatic carbocycles. The maximum Gasteiger partial charge on any atom is 0.145 e. The van der Waals surface area contributed by atoms with Crippen LogP contribution in [0.3, 0.4) is 0 Å². The largest absolute Gasteiger partial charge is 0.488 e. The number of morpholine rings is 1. The third-order valence-corrected chi connectivity index (χ3v) is 5.63. The second-order valence-electron chi connectivity index (χ2n) is 7.51. The van der Waals surface area contributed by atoms with Crippen LogP contribution < -0.4 is 20.1 Å². The highest BCUT2D eigenvalue weighted by Gasteiger charge is 2.24. The van der Waals surface area contributed by atoms with E-state index >= 15 is 0 Å². The first-order chi connectivity index (χ1) is 12.3.